The van der Waals surface area contributed by atoms with E-state index in [1.54, 1.807) is 30.3 Å². The summed E-state index contributed by atoms with van der Waals surface area (Å²) in [4.78, 5) is 23.9. The van der Waals surface area contributed by atoms with Gasteiger partial charge >= 0.3 is 5.97 Å². The van der Waals surface area contributed by atoms with Crippen molar-refractivity contribution in [2.24, 2.45) is 0 Å². The number of carboxylic acids is 1. The number of rotatable bonds is 7. The van der Waals surface area contributed by atoms with E-state index < -0.39 is 23.7 Å². The summed E-state index contributed by atoms with van der Waals surface area (Å²) in [5.41, 5.74) is 1.74. The number of carboxylic acid groups (broad SMARTS) is 1. The average molecular weight is 373 g/mol. The molecule has 2 N–H and O–H groups in total. The molecule has 3 rings (SSSR count). The van der Waals surface area contributed by atoms with E-state index in [9.17, 15) is 19.1 Å². The van der Waals surface area contributed by atoms with E-state index in [0.29, 0.717) is 24.2 Å². The molecule has 0 radical (unpaired) electrons. The molecule has 2 aromatic rings. The average Bonchev–Trinajstić information content (AvgIpc) is 3.12. The molecule has 0 saturated carbocycles. The molecule has 0 saturated heterocycles. The fourth-order valence-corrected chi connectivity index (χ4v) is 3.06. The van der Waals surface area contributed by atoms with Crippen molar-refractivity contribution in [2.45, 2.75) is 25.3 Å². The zero-order chi connectivity index (χ0) is 19.4. The topological polar surface area (TPSA) is 84.9 Å². The van der Waals surface area contributed by atoms with Crippen LogP contribution in [-0.2, 0) is 22.4 Å². The van der Waals surface area contributed by atoms with Crippen LogP contribution in [-0.4, -0.2) is 30.7 Å². The van der Waals surface area contributed by atoms with Crippen LogP contribution in [0.5, 0.6) is 11.5 Å². The third-order valence-corrected chi connectivity index (χ3v) is 4.48. The number of methoxy groups -OCH3 is 1. The summed E-state index contributed by atoms with van der Waals surface area (Å²) in [6.07, 6.45) is 0.805. The van der Waals surface area contributed by atoms with Gasteiger partial charge in [-0.15, -0.1) is 0 Å². The number of ether oxygens (including phenoxy) is 2. The van der Waals surface area contributed by atoms with Gasteiger partial charge in [0.15, 0.2) is 17.6 Å². The molecule has 1 atom stereocenters. The van der Waals surface area contributed by atoms with Crippen LogP contribution in [0.15, 0.2) is 36.4 Å². The minimum atomic E-state index is -1.17. The van der Waals surface area contributed by atoms with Crippen molar-refractivity contribution in [1.29, 1.82) is 0 Å². The van der Waals surface area contributed by atoms with Gasteiger partial charge < -0.3 is 19.9 Å². The van der Waals surface area contributed by atoms with Gasteiger partial charge in [-0.05, 0) is 41.3 Å². The van der Waals surface area contributed by atoms with Gasteiger partial charge in [-0.1, -0.05) is 18.2 Å². The zero-order valence-electron chi connectivity index (χ0n) is 14.8. The Balaban J connectivity index is 1.67. The van der Waals surface area contributed by atoms with Crippen LogP contribution in [0.3, 0.4) is 0 Å². The number of fused-ring (bicyclic) bond motifs is 1. The van der Waals surface area contributed by atoms with Crippen molar-refractivity contribution < 1.29 is 28.6 Å². The van der Waals surface area contributed by atoms with Crippen molar-refractivity contribution in [3.8, 4) is 11.5 Å². The monoisotopic (exact) mass is 373 g/mol. The molecule has 27 heavy (non-hydrogen) atoms. The summed E-state index contributed by atoms with van der Waals surface area (Å²) in [5.74, 6) is -1.29. The first-order chi connectivity index (χ1) is 13.0. The summed E-state index contributed by atoms with van der Waals surface area (Å²) in [5, 5.41) is 12.0. The van der Waals surface area contributed by atoms with E-state index in [2.05, 4.69) is 5.32 Å². The SMILES string of the molecule is COc1cccc(CCC(=O)NC(C(=O)O)c2ccc3c(c2)CCO3)c1F. The number of hydrogen-bond acceptors (Lipinski definition) is 4. The number of amides is 1. The van der Waals surface area contributed by atoms with Crippen LogP contribution < -0.4 is 14.8 Å². The van der Waals surface area contributed by atoms with E-state index >= 15 is 0 Å². The Morgan fingerprint density at radius 1 is 1.33 bits per heavy atom. The van der Waals surface area contributed by atoms with Gasteiger partial charge in [-0.25, -0.2) is 9.18 Å². The molecule has 0 spiro atoms. The molecule has 1 aliphatic heterocycles. The molecular weight excluding hydrogens is 353 g/mol. The number of hydrogen-bond donors (Lipinski definition) is 2. The van der Waals surface area contributed by atoms with E-state index in [4.69, 9.17) is 9.47 Å². The molecule has 142 valence electrons. The first-order valence-corrected chi connectivity index (χ1v) is 8.58. The Hall–Kier alpha value is -3.09. The van der Waals surface area contributed by atoms with Crippen LogP contribution in [0.25, 0.3) is 0 Å². The number of carbonyl (C=O) groups excluding carboxylic acids is 1. The maximum Gasteiger partial charge on any atom is 0.330 e. The normalized spacial score (nSPS) is 13.4. The van der Waals surface area contributed by atoms with Gasteiger partial charge in [0.05, 0.1) is 13.7 Å². The lowest BCUT2D eigenvalue weighted by Gasteiger charge is -2.16. The lowest BCUT2D eigenvalue weighted by Crippen LogP contribution is -2.34. The molecule has 6 nitrogen and oxygen atoms in total. The second-order valence-corrected chi connectivity index (χ2v) is 6.24. The smallest absolute Gasteiger partial charge is 0.330 e. The molecule has 1 heterocycles. The molecule has 1 aliphatic rings. The Labute approximate surface area is 155 Å². The van der Waals surface area contributed by atoms with Gasteiger partial charge in [0.1, 0.15) is 5.75 Å². The largest absolute Gasteiger partial charge is 0.494 e. The molecule has 1 unspecified atom stereocenters. The Morgan fingerprint density at radius 2 is 2.15 bits per heavy atom. The zero-order valence-corrected chi connectivity index (χ0v) is 14.8. The van der Waals surface area contributed by atoms with Crippen molar-refractivity contribution in [1.82, 2.24) is 5.32 Å². The highest BCUT2D eigenvalue weighted by Gasteiger charge is 2.24. The first-order valence-electron chi connectivity index (χ1n) is 8.58. The summed E-state index contributed by atoms with van der Waals surface area (Å²) < 4.78 is 24.5. The van der Waals surface area contributed by atoms with Crippen LogP contribution in [0, 0.1) is 5.82 Å². The van der Waals surface area contributed by atoms with Crippen LogP contribution in [0.2, 0.25) is 0 Å². The standard InChI is InChI=1S/C20H20FNO5/c1-26-16-4-2-3-12(18(16)21)6-8-17(23)22-19(20(24)25)14-5-7-15-13(11-14)9-10-27-15/h2-5,7,11,19H,6,8-10H2,1H3,(H,22,23)(H,24,25). The molecule has 0 fully saturated rings. The highest BCUT2D eigenvalue weighted by molar-refractivity contribution is 5.84. The Bertz CT molecular complexity index is 867. The first kappa shape index (κ1) is 18.7. The minimum absolute atomic E-state index is 0.0398. The number of aryl methyl sites for hydroxylation is 1. The molecule has 0 aliphatic carbocycles. The highest BCUT2D eigenvalue weighted by Crippen LogP contribution is 2.28. The number of halogens is 1. The van der Waals surface area contributed by atoms with Gasteiger partial charge in [-0.2, -0.15) is 0 Å². The maximum absolute atomic E-state index is 14.1. The van der Waals surface area contributed by atoms with E-state index in [1.165, 1.54) is 13.2 Å². The summed E-state index contributed by atoms with van der Waals surface area (Å²) in [6.45, 7) is 0.564. The molecule has 0 bridgehead atoms. The molecule has 7 heteroatoms. The van der Waals surface area contributed by atoms with Crippen LogP contribution in [0.4, 0.5) is 4.39 Å². The van der Waals surface area contributed by atoms with E-state index in [0.717, 1.165) is 11.3 Å². The van der Waals surface area contributed by atoms with Crippen LogP contribution >= 0.6 is 0 Å². The van der Waals surface area contributed by atoms with E-state index in [1.807, 2.05) is 0 Å². The van der Waals surface area contributed by atoms with Crippen LogP contribution in [0.1, 0.15) is 29.2 Å². The molecule has 1 amide bonds. The van der Waals surface area contributed by atoms with Crippen molar-refractivity contribution in [3.63, 3.8) is 0 Å². The van der Waals surface area contributed by atoms with Crippen molar-refractivity contribution in [3.05, 3.63) is 58.9 Å². The second-order valence-electron chi connectivity index (χ2n) is 6.24. The maximum atomic E-state index is 14.1. The molecular formula is C20H20FNO5. The quantitative estimate of drug-likeness (QED) is 0.779. The predicted octanol–water partition coefficient (Wildman–Crippen LogP) is 2.64. The van der Waals surface area contributed by atoms with Gasteiger partial charge in [0.25, 0.3) is 0 Å². The fraction of sp³-hybridized carbons (Fsp3) is 0.300. The lowest BCUT2D eigenvalue weighted by molar-refractivity contribution is -0.142. The Kier molecular flexibility index (Phi) is 5.59. The minimum Gasteiger partial charge on any atom is -0.494 e. The highest BCUT2D eigenvalue weighted by atomic mass is 19.1. The third-order valence-electron chi connectivity index (χ3n) is 4.48. The number of benzene rings is 2. The number of aliphatic carboxylic acids is 1. The third kappa shape index (κ3) is 4.19. The summed E-state index contributed by atoms with van der Waals surface area (Å²) >= 11 is 0. The fourth-order valence-electron chi connectivity index (χ4n) is 3.06. The molecule has 2 aromatic carbocycles. The summed E-state index contributed by atoms with van der Waals surface area (Å²) in [6, 6.07) is 8.62. The summed E-state index contributed by atoms with van der Waals surface area (Å²) in [7, 11) is 1.37. The van der Waals surface area contributed by atoms with E-state index in [-0.39, 0.29) is 18.6 Å². The van der Waals surface area contributed by atoms with Crippen molar-refractivity contribution >= 4 is 11.9 Å². The van der Waals surface area contributed by atoms with Gasteiger partial charge in [0.2, 0.25) is 5.91 Å². The molecule has 0 aromatic heterocycles. The van der Waals surface area contributed by atoms with Gasteiger partial charge in [0, 0.05) is 12.8 Å². The lowest BCUT2D eigenvalue weighted by atomic mass is 10.0. The Morgan fingerprint density at radius 3 is 2.89 bits per heavy atom. The predicted molar refractivity (Wildman–Crippen MR) is 95.4 cm³/mol. The van der Waals surface area contributed by atoms with Gasteiger partial charge in [-0.3, -0.25) is 4.79 Å². The number of nitrogens with one attached hydrogen (secondary N) is 1. The second kappa shape index (κ2) is 8.07. The number of carbonyl (C=O) groups is 2. The van der Waals surface area contributed by atoms with Crippen molar-refractivity contribution in [2.75, 3.05) is 13.7 Å².